The topological polar surface area (TPSA) is 60.2 Å². The predicted molar refractivity (Wildman–Crippen MR) is 86.7 cm³/mol. The second-order valence-electron chi connectivity index (χ2n) is 5.41. The third-order valence-corrected chi connectivity index (χ3v) is 3.79. The molecular weight excluding hydrogens is 278 g/mol. The zero-order chi connectivity index (χ0) is 15.8. The first-order valence-electron chi connectivity index (χ1n) is 7.97. The van der Waals surface area contributed by atoms with Gasteiger partial charge < -0.3 is 9.84 Å². The van der Waals surface area contributed by atoms with Crippen molar-refractivity contribution in [1.29, 1.82) is 0 Å². The molecule has 2 aromatic rings. The molecule has 0 saturated carbocycles. The Morgan fingerprint density at radius 2 is 1.82 bits per heavy atom. The van der Waals surface area contributed by atoms with E-state index in [1.165, 1.54) is 25.7 Å². The maximum absolute atomic E-state index is 9.49. The number of nitrogens with zero attached hydrogens (tertiary/aromatic N) is 3. The molecule has 1 aromatic heterocycles. The van der Waals surface area contributed by atoms with Gasteiger partial charge in [-0.15, -0.1) is 5.10 Å². The Balaban J connectivity index is 2.12. The number of hydrogen-bond donors (Lipinski definition) is 1. The number of benzene rings is 1. The summed E-state index contributed by atoms with van der Waals surface area (Å²) in [7, 11) is 1.65. The SMILES string of the molecule is CCCCCCCn1nnc(CO)c1-c1ccc(OC)cc1. The fraction of sp³-hybridized carbons (Fsp3) is 0.529. The summed E-state index contributed by atoms with van der Waals surface area (Å²) in [6.07, 6.45) is 6.07. The Kier molecular flexibility index (Phi) is 6.40. The number of ether oxygens (including phenoxy) is 1. The zero-order valence-corrected chi connectivity index (χ0v) is 13.5. The van der Waals surface area contributed by atoms with Crippen LogP contribution in [0.1, 0.15) is 44.7 Å². The minimum absolute atomic E-state index is 0.100. The first kappa shape index (κ1) is 16.5. The van der Waals surface area contributed by atoms with Crippen LogP contribution in [0.4, 0.5) is 0 Å². The van der Waals surface area contributed by atoms with E-state index < -0.39 is 0 Å². The van der Waals surface area contributed by atoms with Gasteiger partial charge in [0.1, 0.15) is 11.4 Å². The van der Waals surface area contributed by atoms with E-state index in [1.807, 2.05) is 28.9 Å². The minimum atomic E-state index is -0.100. The number of aromatic nitrogens is 3. The predicted octanol–water partition coefficient (Wildman–Crippen LogP) is 3.42. The fourth-order valence-electron chi connectivity index (χ4n) is 2.54. The number of unbranched alkanes of at least 4 members (excludes halogenated alkanes) is 4. The summed E-state index contributed by atoms with van der Waals surface area (Å²) in [4.78, 5) is 0. The molecule has 0 saturated heterocycles. The van der Waals surface area contributed by atoms with Gasteiger partial charge in [0.2, 0.25) is 0 Å². The van der Waals surface area contributed by atoms with E-state index in [1.54, 1.807) is 7.11 Å². The second kappa shape index (κ2) is 8.54. The van der Waals surface area contributed by atoms with Crippen molar-refractivity contribution in [2.24, 2.45) is 0 Å². The maximum atomic E-state index is 9.49. The van der Waals surface area contributed by atoms with Crippen LogP contribution >= 0.6 is 0 Å². The Morgan fingerprint density at radius 1 is 1.09 bits per heavy atom. The average molecular weight is 303 g/mol. The van der Waals surface area contributed by atoms with Crippen LogP contribution in [0, 0.1) is 0 Å². The first-order chi connectivity index (χ1) is 10.8. The lowest BCUT2D eigenvalue weighted by molar-refractivity contribution is 0.277. The van der Waals surface area contributed by atoms with Crippen molar-refractivity contribution >= 4 is 0 Å². The van der Waals surface area contributed by atoms with Crippen LogP contribution in [0.2, 0.25) is 0 Å². The lowest BCUT2D eigenvalue weighted by atomic mass is 10.1. The van der Waals surface area contributed by atoms with Crippen molar-refractivity contribution in [2.45, 2.75) is 52.2 Å². The Morgan fingerprint density at radius 3 is 2.45 bits per heavy atom. The van der Waals surface area contributed by atoms with Crippen LogP contribution in [-0.2, 0) is 13.2 Å². The van der Waals surface area contributed by atoms with Crippen molar-refractivity contribution in [1.82, 2.24) is 15.0 Å². The molecule has 5 heteroatoms. The third kappa shape index (κ3) is 4.07. The summed E-state index contributed by atoms with van der Waals surface area (Å²) >= 11 is 0. The second-order valence-corrected chi connectivity index (χ2v) is 5.41. The molecule has 0 aliphatic rings. The van der Waals surface area contributed by atoms with Crippen molar-refractivity contribution in [3.63, 3.8) is 0 Å². The highest BCUT2D eigenvalue weighted by Gasteiger charge is 2.14. The van der Waals surface area contributed by atoms with Crippen molar-refractivity contribution in [3.8, 4) is 17.0 Å². The monoisotopic (exact) mass is 303 g/mol. The molecule has 0 aliphatic heterocycles. The van der Waals surface area contributed by atoms with E-state index in [-0.39, 0.29) is 6.61 Å². The highest BCUT2D eigenvalue weighted by atomic mass is 16.5. The van der Waals surface area contributed by atoms with Gasteiger partial charge in [-0.3, -0.25) is 0 Å². The number of methoxy groups -OCH3 is 1. The molecule has 22 heavy (non-hydrogen) atoms. The lowest BCUT2D eigenvalue weighted by Gasteiger charge is -2.08. The van der Waals surface area contributed by atoms with E-state index in [0.29, 0.717) is 5.69 Å². The van der Waals surface area contributed by atoms with Gasteiger partial charge in [-0.1, -0.05) is 37.8 Å². The Bertz CT molecular complexity index is 564. The molecule has 5 nitrogen and oxygen atoms in total. The quantitative estimate of drug-likeness (QED) is 0.721. The van der Waals surface area contributed by atoms with E-state index >= 15 is 0 Å². The molecule has 0 bridgehead atoms. The van der Waals surface area contributed by atoms with Gasteiger partial charge in [-0.05, 0) is 30.7 Å². The molecule has 0 aliphatic carbocycles. The molecule has 0 amide bonds. The van der Waals surface area contributed by atoms with E-state index in [0.717, 1.165) is 30.0 Å². The summed E-state index contributed by atoms with van der Waals surface area (Å²) in [5.74, 6) is 0.813. The molecule has 1 heterocycles. The Labute approximate surface area is 131 Å². The molecular formula is C17H25N3O2. The fourth-order valence-corrected chi connectivity index (χ4v) is 2.54. The number of aliphatic hydroxyl groups is 1. The summed E-state index contributed by atoms with van der Waals surface area (Å²) < 4.78 is 7.09. The van der Waals surface area contributed by atoms with Crippen LogP contribution in [-0.4, -0.2) is 27.2 Å². The minimum Gasteiger partial charge on any atom is -0.497 e. The van der Waals surface area contributed by atoms with Crippen LogP contribution in [0.5, 0.6) is 5.75 Å². The van der Waals surface area contributed by atoms with Crippen molar-refractivity contribution in [3.05, 3.63) is 30.0 Å². The van der Waals surface area contributed by atoms with Gasteiger partial charge in [0.15, 0.2) is 0 Å². The van der Waals surface area contributed by atoms with Crippen LogP contribution in [0.25, 0.3) is 11.3 Å². The van der Waals surface area contributed by atoms with E-state index in [2.05, 4.69) is 17.2 Å². The van der Waals surface area contributed by atoms with Crippen molar-refractivity contribution < 1.29 is 9.84 Å². The molecule has 2 rings (SSSR count). The van der Waals surface area contributed by atoms with Gasteiger partial charge in [0.05, 0.1) is 19.4 Å². The van der Waals surface area contributed by atoms with Gasteiger partial charge >= 0.3 is 0 Å². The first-order valence-corrected chi connectivity index (χ1v) is 7.97. The average Bonchev–Trinajstić information content (AvgIpc) is 2.97. The number of hydrogen-bond acceptors (Lipinski definition) is 4. The number of aliphatic hydroxyl groups excluding tert-OH is 1. The maximum Gasteiger partial charge on any atom is 0.118 e. The normalized spacial score (nSPS) is 10.9. The van der Waals surface area contributed by atoms with Gasteiger partial charge in [-0.2, -0.15) is 0 Å². The van der Waals surface area contributed by atoms with E-state index in [9.17, 15) is 5.11 Å². The van der Waals surface area contributed by atoms with Crippen LogP contribution in [0.3, 0.4) is 0 Å². The molecule has 0 unspecified atom stereocenters. The highest BCUT2D eigenvalue weighted by Crippen LogP contribution is 2.25. The van der Waals surface area contributed by atoms with Crippen LogP contribution < -0.4 is 4.74 Å². The van der Waals surface area contributed by atoms with Gasteiger partial charge in [0.25, 0.3) is 0 Å². The largest absolute Gasteiger partial charge is 0.497 e. The molecule has 0 radical (unpaired) electrons. The van der Waals surface area contributed by atoms with Gasteiger partial charge in [0, 0.05) is 12.1 Å². The summed E-state index contributed by atoms with van der Waals surface area (Å²) in [6, 6.07) is 7.78. The Hall–Kier alpha value is -1.88. The third-order valence-electron chi connectivity index (χ3n) is 3.79. The molecule has 0 fully saturated rings. The lowest BCUT2D eigenvalue weighted by Crippen LogP contribution is -2.03. The summed E-state index contributed by atoms with van der Waals surface area (Å²) in [5, 5.41) is 17.8. The highest BCUT2D eigenvalue weighted by molar-refractivity contribution is 5.62. The summed E-state index contributed by atoms with van der Waals surface area (Å²) in [5.41, 5.74) is 2.53. The molecule has 0 atom stereocenters. The van der Waals surface area contributed by atoms with Gasteiger partial charge in [-0.25, -0.2) is 4.68 Å². The molecule has 1 aromatic carbocycles. The summed E-state index contributed by atoms with van der Waals surface area (Å²) in [6.45, 7) is 2.95. The standard InChI is InChI=1S/C17H25N3O2/c1-3-4-5-6-7-12-20-17(16(13-21)18-19-20)14-8-10-15(22-2)11-9-14/h8-11,21H,3-7,12-13H2,1-2H3. The molecule has 120 valence electrons. The molecule has 0 spiro atoms. The number of aryl methyl sites for hydroxylation is 1. The zero-order valence-electron chi connectivity index (χ0n) is 13.5. The van der Waals surface area contributed by atoms with E-state index in [4.69, 9.17) is 4.74 Å². The van der Waals surface area contributed by atoms with Crippen molar-refractivity contribution in [2.75, 3.05) is 7.11 Å². The molecule has 1 N–H and O–H groups in total. The van der Waals surface area contributed by atoms with Crippen LogP contribution in [0.15, 0.2) is 24.3 Å². The smallest absolute Gasteiger partial charge is 0.118 e. The number of rotatable bonds is 9.